The van der Waals surface area contributed by atoms with E-state index in [0.717, 1.165) is 0 Å². The maximum atomic E-state index is 12.1. The third kappa shape index (κ3) is 1.54. The van der Waals surface area contributed by atoms with Gasteiger partial charge in [-0.2, -0.15) is 5.10 Å². The summed E-state index contributed by atoms with van der Waals surface area (Å²) in [5, 5.41) is 3.71. The Morgan fingerprint density at radius 1 is 1.91 bits per heavy atom. The second-order valence-electron chi connectivity index (χ2n) is 1.96. The first-order valence-corrected chi connectivity index (χ1v) is 2.96. The van der Waals surface area contributed by atoms with Gasteiger partial charge in [0, 0.05) is 7.05 Å². The lowest BCUT2D eigenvalue weighted by atomic mass is 10.4. The van der Waals surface area contributed by atoms with Gasteiger partial charge in [-0.15, -0.1) is 0 Å². The summed E-state index contributed by atoms with van der Waals surface area (Å²) >= 11 is 0. The summed E-state index contributed by atoms with van der Waals surface area (Å²) in [6, 6.07) is 0. The second-order valence-corrected chi connectivity index (χ2v) is 1.96. The fourth-order valence-corrected chi connectivity index (χ4v) is 0.756. The minimum atomic E-state index is -0.732. The molecule has 0 saturated heterocycles. The van der Waals surface area contributed by atoms with Crippen molar-refractivity contribution >= 4 is 6.47 Å². The highest BCUT2D eigenvalue weighted by molar-refractivity contribution is 5.45. The molecule has 0 aliphatic heterocycles. The van der Waals surface area contributed by atoms with Crippen LogP contribution in [-0.4, -0.2) is 16.3 Å². The number of aryl methyl sites for hydroxylation is 1. The average Bonchev–Trinajstić information content (AvgIpc) is 2.32. The van der Waals surface area contributed by atoms with Crippen molar-refractivity contribution in [2.45, 2.75) is 6.67 Å². The molecule has 60 valence electrons. The molecule has 0 aliphatic rings. The van der Waals surface area contributed by atoms with Gasteiger partial charge >= 0.3 is 0 Å². The molecule has 0 saturated carbocycles. The van der Waals surface area contributed by atoms with E-state index in [0.29, 0.717) is 0 Å². The van der Waals surface area contributed by atoms with E-state index in [1.54, 1.807) is 7.05 Å². The summed E-state index contributed by atoms with van der Waals surface area (Å²) < 4.78 is 17.9. The summed E-state index contributed by atoms with van der Waals surface area (Å²) in [6.07, 6.45) is 1.43. The molecule has 0 fully saturated rings. The molecule has 0 unspecified atom stereocenters. The van der Waals surface area contributed by atoms with Crippen LogP contribution in [0.1, 0.15) is 5.69 Å². The first kappa shape index (κ1) is 7.71. The van der Waals surface area contributed by atoms with Crippen molar-refractivity contribution in [3.05, 3.63) is 11.9 Å². The van der Waals surface area contributed by atoms with Gasteiger partial charge in [-0.05, 0) is 0 Å². The van der Waals surface area contributed by atoms with E-state index in [9.17, 15) is 9.18 Å². The van der Waals surface area contributed by atoms with Gasteiger partial charge < -0.3 is 4.74 Å². The van der Waals surface area contributed by atoms with Crippen LogP contribution < -0.4 is 4.74 Å². The Hall–Kier alpha value is -1.39. The maximum Gasteiger partial charge on any atom is 0.298 e. The largest absolute Gasteiger partial charge is 0.425 e. The number of aromatic nitrogens is 2. The first-order chi connectivity index (χ1) is 5.27. The smallest absolute Gasteiger partial charge is 0.298 e. The minimum absolute atomic E-state index is 0.139. The molecule has 4 nitrogen and oxygen atoms in total. The molecule has 0 amide bonds. The number of alkyl halides is 1. The van der Waals surface area contributed by atoms with E-state index in [2.05, 4.69) is 9.84 Å². The van der Waals surface area contributed by atoms with Gasteiger partial charge in [0.15, 0.2) is 5.75 Å². The fourth-order valence-electron chi connectivity index (χ4n) is 0.756. The predicted octanol–water partition coefficient (Wildman–Crippen LogP) is 0.425. The van der Waals surface area contributed by atoms with Crippen molar-refractivity contribution in [3.63, 3.8) is 0 Å². The lowest BCUT2D eigenvalue weighted by molar-refractivity contribution is -0.120. The van der Waals surface area contributed by atoms with Gasteiger partial charge in [-0.3, -0.25) is 9.48 Å². The quantitative estimate of drug-likeness (QED) is 0.599. The van der Waals surface area contributed by atoms with Crippen molar-refractivity contribution in [3.8, 4) is 5.75 Å². The van der Waals surface area contributed by atoms with E-state index in [-0.39, 0.29) is 17.9 Å². The Kier molecular flexibility index (Phi) is 2.20. The van der Waals surface area contributed by atoms with Crippen molar-refractivity contribution < 1.29 is 13.9 Å². The SMILES string of the molecule is Cn1cc(OC=O)c(CF)n1. The van der Waals surface area contributed by atoms with E-state index in [1.165, 1.54) is 10.9 Å². The van der Waals surface area contributed by atoms with Gasteiger partial charge in [0.25, 0.3) is 6.47 Å². The van der Waals surface area contributed by atoms with Crippen LogP contribution in [0.5, 0.6) is 5.75 Å². The highest BCUT2D eigenvalue weighted by atomic mass is 19.1. The molecular weight excluding hydrogens is 151 g/mol. The van der Waals surface area contributed by atoms with E-state index in [1.807, 2.05) is 0 Å². The van der Waals surface area contributed by atoms with Gasteiger partial charge in [0.05, 0.1) is 6.20 Å². The molecule has 5 heteroatoms. The summed E-state index contributed by atoms with van der Waals surface area (Å²) in [7, 11) is 1.62. The van der Waals surface area contributed by atoms with Gasteiger partial charge in [-0.25, -0.2) is 4.39 Å². The van der Waals surface area contributed by atoms with Crippen LogP contribution in [0.3, 0.4) is 0 Å². The molecule has 1 heterocycles. The Bertz CT molecular complexity index is 259. The fraction of sp³-hybridized carbons (Fsp3) is 0.333. The van der Waals surface area contributed by atoms with Crippen LogP contribution in [0.15, 0.2) is 6.20 Å². The zero-order valence-corrected chi connectivity index (χ0v) is 5.95. The number of hydrogen-bond acceptors (Lipinski definition) is 3. The minimum Gasteiger partial charge on any atom is -0.425 e. The number of carbonyl (C=O) groups excluding carboxylic acids is 1. The highest BCUT2D eigenvalue weighted by Crippen LogP contribution is 2.15. The van der Waals surface area contributed by atoms with Crippen molar-refractivity contribution in [2.75, 3.05) is 0 Å². The Morgan fingerprint density at radius 2 is 2.64 bits per heavy atom. The lowest BCUT2D eigenvalue weighted by Gasteiger charge is -1.90. The maximum absolute atomic E-state index is 12.1. The standard InChI is InChI=1S/C6H7FN2O2/c1-9-3-6(11-4-10)5(2-7)8-9/h3-4H,2H2,1H3. The number of nitrogens with zero attached hydrogens (tertiary/aromatic N) is 2. The molecule has 0 aromatic carbocycles. The summed E-state index contributed by atoms with van der Waals surface area (Å²) in [5.41, 5.74) is 0.139. The third-order valence-corrected chi connectivity index (χ3v) is 1.17. The van der Waals surface area contributed by atoms with Crippen LogP contribution in [-0.2, 0) is 18.5 Å². The predicted molar refractivity (Wildman–Crippen MR) is 34.7 cm³/mol. The van der Waals surface area contributed by atoms with Crippen molar-refractivity contribution in [1.29, 1.82) is 0 Å². The molecule has 0 bridgehead atoms. The number of ether oxygens (including phenoxy) is 1. The van der Waals surface area contributed by atoms with Gasteiger partial charge in [-0.1, -0.05) is 0 Å². The number of hydrogen-bond donors (Lipinski definition) is 0. The van der Waals surface area contributed by atoms with Crippen LogP contribution >= 0.6 is 0 Å². The molecular formula is C6H7FN2O2. The second kappa shape index (κ2) is 3.14. The molecule has 0 radical (unpaired) electrons. The third-order valence-electron chi connectivity index (χ3n) is 1.17. The average molecular weight is 158 g/mol. The lowest BCUT2D eigenvalue weighted by Crippen LogP contribution is -1.90. The zero-order chi connectivity index (χ0) is 8.27. The Balaban J connectivity index is 2.91. The molecule has 1 aromatic rings. The number of carbonyl (C=O) groups is 1. The number of rotatable bonds is 3. The normalized spacial score (nSPS) is 9.64. The molecule has 0 N–H and O–H groups in total. The zero-order valence-electron chi connectivity index (χ0n) is 5.95. The van der Waals surface area contributed by atoms with Gasteiger partial charge in [0.2, 0.25) is 0 Å². The van der Waals surface area contributed by atoms with Gasteiger partial charge in [0.1, 0.15) is 12.4 Å². The van der Waals surface area contributed by atoms with Crippen LogP contribution in [0, 0.1) is 0 Å². The molecule has 11 heavy (non-hydrogen) atoms. The van der Waals surface area contributed by atoms with E-state index in [4.69, 9.17) is 0 Å². The molecule has 1 aromatic heterocycles. The summed E-state index contributed by atoms with van der Waals surface area (Å²) in [4.78, 5) is 9.87. The van der Waals surface area contributed by atoms with Crippen molar-refractivity contribution in [1.82, 2.24) is 9.78 Å². The Labute approximate surface area is 62.6 Å². The summed E-state index contributed by atoms with van der Waals surface area (Å²) in [6.45, 7) is -0.486. The molecule has 0 aliphatic carbocycles. The van der Waals surface area contributed by atoms with Crippen molar-refractivity contribution in [2.24, 2.45) is 7.05 Å². The van der Waals surface area contributed by atoms with E-state index < -0.39 is 6.67 Å². The van der Waals surface area contributed by atoms with E-state index >= 15 is 0 Å². The first-order valence-electron chi connectivity index (χ1n) is 2.96. The molecule has 0 atom stereocenters. The monoisotopic (exact) mass is 158 g/mol. The van der Waals surface area contributed by atoms with Crippen LogP contribution in [0.4, 0.5) is 4.39 Å². The number of halogens is 1. The Morgan fingerprint density at radius 3 is 3.18 bits per heavy atom. The van der Waals surface area contributed by atoms with Crippen LogP contribution in [0.25, 0.3) is 0 Å². The molecule has 1 rings (SSSR count). The summed E-state index contributed by atoms with van der Waals surface area (Å²) in [5.74, 6) is 0.171. The highest BCUT2D eigenvalue weighted by Gasteiger charge is 2.07. The topological polar surface area (TPSA) is 44.1 Å². The molecule has 0 spiro atoms. The van der Waals surface area contributed by atoms with Crippen LogP contribution in [0.2, 0.25) is 0 Å².